The first-order valence-corrected chi connectivity index (χ1v) is 3.54. The second kappa shape index (κ2) is 4.74. The second-order valence-electron chi connectivity index (χ2n) is 1.94. The Kier molecular flexibility index (Phi) is 5.26. The number of hydrogen-bond donors (Lipinski definition) is 1. The van der Waals surface area contributed by atoms with Crippen molar-refractivity contribution >= 4 is 29.2 Å². The van der Waals surface area contributed by atoms with Crippen LogP contribution in [0.4, 0.5) is 0 Å². The summed E-state index contributed by atoms with van der Waals surface area (Å²) in [5, 5.41) is 0. The molecule has 0 heterocycles. The third-order valence-corrected chi connectivity index (χ3v) is 1.52. The molecule has 54 valence electrons. The average Bonchev–Trinajstić information content (AvgIpc) is 1.55. The van der Waals surface area contributed by atoms with Crippen LogP contribution in [0.15, 0.2) is 0 Å². The summed E-state index contributed by atoms with van der Waals surface area (Å²) >= 11 is 8.45. The van der Waals surface area contributed by atoms with Gasteiger partial charge in [0.05, 0.1) is 0 Å². The van der Waals surface area contributed by atoms with Crippen molar-refractivity contribution in [1.29, 1.82) is 0 Å². The van der Waals surface area contributed by atoms with E-state index in [4.69, 9.17) is 4.74 Å². The molecule has 0 unspecified atom stereocenters. The molecule has 1 aliphatic carbocycles. The van der Waals surface area contributed by atoms with Gasteiger partial charge in [0, 0.05) is 0 Å². The molecule has 0 spiro atoms. The molecule has 0 aromatic heterocycles. The van der Waals surface area contributed by atoms with Crippen LogP contribution in [0, 0.1) is 0 Å². The van der Waals surface area contributed by atoms with Gasteiger partial charge < -0.3 is 4.74 Å². The Hall–Kier alpha value is 0.980. The first-order chi connectivity index (χ1) is 3.79. The molecular weight excluding hydrogens is 337 g/mol. The Bertz CT molecular complexity index is 103. The number of thiol groups is 1. The van der Waals surface area contributed by atoms with Crippen molar-refractivity contribution in [3.8, 4) is 0 Å². The largest absolute Gasteiger partial charge is 3.00 e. The fraction of sp³-hybridized carbons (Fsp3) is 0.800. The van der Waals surface area contributed by atoms with E-state index in [1.165, 1.54) is 6.42 Å². The fourth-order valence-corrected chi connectivity index (χ4v) is 0.916. The summed E-state index contributed by atoms with van der Waals surface area (Å²) in [5.74, 6) is 0. The summed E-state index contributed by atoms with van der Waals surface area (Å²) < 4.78 is 5.47. The van der Waals surface area contributed by atoms with Gasteiger partial charge in [0.2, 0.25) is 4.38 Å². The minimum Gasteiger partial charge on any atom is -0.475 e. The smallest absolute Gasteiger partial charge is 0.475 e. The molecule has 4 heteroatoms. The van der Waals surface area contributed by atoms with Crippen molar-refractivity contribution in [3.05, 3.63) is 0 Å². The SMILES string of the molecule is S=C(S)OC1CCC1.[Au+3]. The van der Waals surface area contributed by atoms with Gasteiger partial charge in [-0.15, -0.1) is 0 Å². The van der Waals surface area contributed by atoms with Gasteiger partial charge in [0.1, 0.15) is 6.10 Å². The predicted octanol–water partition coefficient (Wildman–Crippen LogP) is 1.77. The molecule has 1 saturated carbocycles. The third-order valence-electron chi connectivity index (χ3n) is 1.32. The molecule has 0 aliphatic heterocycles. The first kappa shape index (κ1) is 9.98. The van der Waals surface area contributed by atoms with Crippen LogP contribution in [-0.4, -0.2) is 10.5 Å². The maximum absolute atomic E-state index is 5.08. The van der Waals surface area contributed by atoms with Gasteiger partial charge in [-0.25, -0.2) is 0 Å². The van der Waals surface area contributed by atoms with Gasteiger partial charge in [0.25, 0.3) is 0 Å². The molecule has 0 aromatic rings. The molecule has 0 aromatic carbocycles. The zero-order valence-corrected chi connectivity index (χ0v) is 8.64. The van der Waals surface area contributed by atoms with Crippen LogP contribution in [0.5, 0.6) is 0 Å². The quantitative estimate of drug-likeness (QED) is 0.441. The molecular formula is C5H8AuOS2+3. The van der Waals surface area contributed by atoms with E-state index >= 15 is 0 Å². The molecule has 1 aliphatic rings. The standard InChI is InChI=1S/C5H8OS2.Au/c7-5(8)6-4-2-1-3-4;/h4H,1-3H2,(H,7,8);/q;+3. The van der Waals surface area contributed by atoms with E-state index in [9.17, 15) is 0 Å². The van der Waals surface area contributed by atoms with E-state index in [0.717, 1.165) is 12.8 Å². The van der Waals surface area contributed by atoms with Crippen LogP contribution < -0.4 is 0 Å². The van der Waals surface area contributed by atoms with Crippen molar-refractivity contribution in [2.75, 3.05) is 0 Å². The topological polar surface area (TPSA) is 9.23 Å². The zero-order valence-electron chi connectivity index (χ0n) is 4.76. The monoisotopic (exact) mass is 345 g/mol. The van der Waals surface area contributed by atoms with Crippen molar-refractivity contribution < 1.29 is 27.1 Å². The molecule has 0 N–H and O–H groups in total. The minimum absolute atomic E-state index is 0. The third kappa shape index (κ3) is 3.63. The molecule has 0 bridgehead atoms. The summed E-state index contributed by atoms with van der Waals surface area (Å²) in [6, 6.07) is 0. The normalized spacial score (nSPS) is 17.4. The van der Waals surface area contributed by atoms with Crippen LogP contribution in [0.1, 0.15) is 19.3 Å². The van der Waals surface area contributed by atoms with Crippen LogP contribution >= 0.6 is 24.8 Å². The summed E-state index contributed by atoms with van der Waals surface area (Å²) in [5.41, 5.74) is 0. The molecule has 0 radical (unpaired) electrons. The van der Waals surface area contributed by atoms with Crippen molar-refractivity contribution in [2.24, 2.45) is 0 Å². The molecule has 0 saturated heterocycles. The number of hydrogen-bond acceptors (Lipinski definition) is 2. The van der Waals surface area contributed by atoms with E-state index in [2.05, 4.69) is 24.8 Å². The van der Waals surface area contributed by atoms with Crippen LogP contribution in [0.2, 0.25) is 0 Å². The van der Waals surface area contributed by atoms with E-state index in [-0.39, 0.29) is 22.4 Å². The van der Waals surface area contributed by atoms with Gasteiger partial charge in [0.15, 0.2) is 0 Å². The molecule has 1 nitrogen and oxygen atoms in total. The summed E-state index contributed by atoms with van der Waals surface area (Å²) in [6.07, 6.45) is 3.97. The Morgan fingerprint density at radius 3 is 2.22 bits per heavy atom. The van der Waals surface area contributed by atoms with Gasteiger partial charge in [-0.2, -0.15) is 0 Å². The maximum Gasteiger partial charge on any atom is 3.00 e. The fourth-order valence-electron chi connectivity index (χ4n) is 0.631. The number of ether oxygens (including phenoxy) is 1. The second-order valence-corrected chi connectivity index (χ2v) is 3.02. The zero-order chi connectivity index (χ0) is 5.98. The Morgan fingerprint density at radius 2 is 2.11 bits per heavy atom. The summed E-state index contributed by atoms with van der Waals surface area (Å²) in [6.45, 7) is 0. The van der Waals surface area contributed by atoms with Crippen LogP contribution in [0.3, 0.4) is 0 Å². The summed E-state index contributed by atoms with van der Waals surface area (Å²) in [4.78, 5) is 0. The van der Waals surface area contributed by atoms with E-state index < -0.39 is 0 Å². The van der Waals surface area contributed by atoms with Crippen molar-refractivity contribution in [1.82, 2.24) is 0 Å². The van der Waals surface area contributed by atoms with E-state index in [0.29, 0.717) is 10.5 Å². The molecule has 1 fully saturated rings. The Balaban J connectivity index is 0.000000640. The van der Waals surface area contributed by atoms with Crippen LogP contribution in [0.25, 0.3) is 0 Å². The van der Waals surface area contributed by atoms with Crippen molar-refractivity contribution in [3.63, 3.8) is 0 Å². The minimum atomic E-state index is 0. The Morgan fingerprint density at radius 1 is 1.56 bits per heavy atom. The number of rotatable bonds is 1. The Labute approximate surface area is 81.5 Å². The molecule has 0 atom stereocenters. The molecule has 1 rings (SSSR count). The van der Waals surface area contributed by atoms with Crippen molar-refractivity contribution in [2.45, 2.75) is 25.4 Å². The maximum atomic E-state index is 5.08. The average molecular weight is 345 g/mol. The van der Waals surface area contributed by atoms with Gasteiger partial charge in [-0.3, -0.25) is 0 Å². The molecule has 9 heavy (non-hydrogen) atoms. The van der Waals surface area contributed by atoms with Gasteiger partial charge in [-0.1, -0.05) is 12.6 Å². The van der Waals surface area contributed by atoms with E-state index in [1.54, 1.807) is 0 Å². The van der Waals surface area contributed by atoms with Gasteiger partial charge >= 0.3 is 22.4 Å². The molecule has 0 amide bonds. The first-order valence-electron chi connectivity index (χ1n) is 2.68. The predicted molar refractivity (Wildman–Crippen MR) is 40.3 cm³/mol. The van der Waals surface area contributed by atoms with E-state index in [1.807, 2.05) is 0 Å². The van der Waals surface area contributed by atoms with Crippen LogP contribution in [-0.2, 0) is 27.1 Å². The van der Waals surface area contributed by atoms with Gasteiger partial charge in [-0.05, 0) is 31.5 Å². The number of thiocarbonyl (C=S) groups is 1. The summed E-state index contributed by atoms with van der Waals surface area (Å²) in [7, 11) is 0.